The maximum absolute atomic E-state index is 10.0. The lowest BCUT2D eigenvalue weighted by Gasteiger charge is -2.09. The smallest absolute Gasteiger partial charge is 0.313 e. The van der Waals surface area contributed by atoms with Gasteiger partial charge in [-0.2, -0.15) is 4.83 Å². The highest BCUT2D eigenvalue weighted by Crippen LogP contribution is 2.05. The van der Waals surface area contributed by atoms with Gasteiger partial charge in [0.1, 0.15) is 5.94 Å². The molecule has 0 heterocycles. The lowest BCUT2D eigenvalue weighted by atomic mass is 10.8. The van der Waals surface area contributed by atoms with Crippen LogP contribution in [-0.2, 0) is 8.98 Å². The van der Waals surface area contributed by atoms with Crippen LogP contribution in [0.2, 0.25) is 0 Å². The number of hydrogen-bond donors (Lipinski definition) is 2. The Balaban J connectivity index is 2.96. The van der Waals surface area contributed by atoms with E-state index in [-0.39, 0.29) is 5.75 Å². The van der Waals surface area contributed by atoms with Crippen LogP contribution >= 0.6 is 24.0 Å². The van der Waals surface area contributed by atoms with E-state index >= 15 is 0 Å². The molecule has 0 rings (SSSR count). The SMILES string of the molecule is CN(C)NSOCSCC(=O)O. The zero-order chi connectivity index (χ0) is 9.40. The summed E-state index contributed by atoms with van der Waals surface area (Å²) in [6.07, 6.45) is 0. The van der Waals surface area contributed by atoms with E-state index < -0.39 is 5.97 Å². The van der Waals surface area contributed by atoms with E-state index in [1.807, 2.05) is 14.1 Å². The van der Waals surface area contributed by atoms with Crippen molar-refractivity contribution in [2.45, 2.75) is 0 Å². The number of carbonyl (C=O) groups is 1. The van der Waals surface area contributed by atoms with Crippen molar-refractivity contribution in [3.05, 3.63) is 0 Å². The Morgan fingerprint density at radius 3 is 2.83 bits per heavy atom. The first-order valence-corrected chi connectivity index (χ1v) is 5.03. The number of carboxylic acids is 1. The van der Waals surface area contributed by atoms with E-state index in [0.29, 0.717) is 5.94 Å². The second kappa shape index (κ2) is 7.69. The average Bonchev–Trinajstić information content (AvgIpc) is 1.95. The minimum Gasteiger partial charge on any atom is -0.481 e. The van der Waals surface area contributed by atoms with Gasteiger partial charge in [0.05, 0.1) is 18.0 Å². The largest absolute Gasteiger partial charge is 0.481 e. The average molecular weight is 212 g/mol. The molecule has 0 aromatic heterocycles. The Hall–Kier alpha value is 0.0500. The number of nitrogens with one attached hydrogen (secondary N) is 1. The number of hydrogen-bond acceptors (Lipinski definition) is 6. The highest BCUT2D eigenvalue weighted by Gasteiger charge is 1.96. The van der Waals surface area contributed by atoms with Crippen LogP contribution in [0, 0.1) is 0 Å². The Morgan fingerprint density at radius 2 is 2.33 bits per heavy atom. The fourth-order valence-electron chi connectivity index (χ4n) is 0.288. The molecule has 0 aromatic rings. The molecule has 0 aromatic carbocycles. The van der Waals surface area contributed by atoms with Crippen LogP contribution < -0.4 is 4.83 Å². The maximum Gasteiger partial charge on any atom is 0.313 e. The second-order valence-electron chi connectivity index (χ2n) is 2.05. The van der Waals surface area contributed by atoms with Crippen LogP contribution in [0.1, 0.15) is 0 Å². The first kappa shape index (κ1) is 12.0. The van der Waals surface area contributed by atoms with Crippen LogP contribution in [0.25, 0.3) is 0 Å². The van der Waals surface area contributed by atoms with Crippen molar-refractivity contribution >= 4 is 30.0 Å². The first-order chi connectivity index (χ1) is 5.63. The van der Waals surface area contributed by atoms with Gasteiger partial charge in [0, 0.05) is 14.1 Å². The van der Waals surface area contributed by atoms with E-state index in [1.165, 1.54) is 11.8 Å². The molecule has 0 saturated carbocycles. The Bertz CT molecular complexity index is 134. The summed E-state index contributed by atoms with van der Waals surface area (Å²) in [5, 5.41) is 9.98. The number of hydrazine groups is 1. The highest BCUT2D eigenvalue weighted by atomic mass is 32.2. The third-order valence-corrected chi connectivity index (χ3v) is 2.20. The van der Waals surface area contributed by atoms with Crippen molar-refractivity contribution in [3.8, 4) is 0 Å². The molecule has 7 heteroatoms. The monoisotopic (exact) mass is 212 g/mol. The summed E-state index contributed by atoms with van der Waals surface area (Å²) >= 11 is 2.29. The molecule has 12 heavy (non-hydrogen) atoms. The Morgan fingerprint density at radius 1 is 1.67 bits per heavy atom. The van der Waals surface area contributed by atoms with E-state index in [2.05, 4.69) is 4.83 Å². The fraction of sp³-hybridized carbons (Fsp3) is 0.800. The Kier molecular flexibility index (Phi) is 7.72. The molecule has 0 fully saturated rings. The van der Waals surface area contributed by atoms with Crippen molar-refractivity contribution in [2.24, 2.45) is 0 Å². The Labute approximate surface area is 80.1 Å². The van der Waals surface area contributed by atoms with E-state index in [4.69, 9.17) is 9.29 Å². The molecule has 0 bridgehead atoms. The summed E-state index contributed by atoms with van der Waals surface area (Å²) < 4.78 is 4.96. The van der Waals surface area contributed by atoms with Crippen molar-refractivity contribution in [1.82, 2.24) is 9.84 Å². The zero-order valence-electron chi connectivity index (χ0n) is 6.94. The number of nitrogens with zero attached hydrogens (tertiary/aromatic N) is 1. The van der Waals surface area contributed by atoms with Gasteiger partial charge in [0.25, 0.3) is 0 Å². The van der Waals surface area contributed by atoms with Gasteiger partial charge in [0.15, 0.2) is 0 Å². The topological polar surface area (TPSA) is 61.8 Å². The molecule has 0 aliphatic carbocycles. The summed E-state index contributed by atoms with van der Waals surface area (Å²) in [5.41, 5.74) is 0. The fourth-order valence-corrected chi connectivity index (χ4v) is 1.21. The van der Waals surface area contributed by atoms with Crippen LogP contribution in [0.15, 0.2) is 0 Å². The van der Waals surface area contributed by atoms with Crippen LogP contribution in [-0.4, -0.2) is 41.9 Å². The van der Waals surface area contributed by atoms with E-state index in [1.54, 1.807) is 5.01 Å². The highest BCUT2D eigenvalue weighted by molar-refractivity contribution is 8.00. The zero-order valence-corrected chi connectivity index (χ0v) is 8.57. The second-order valence-corrected chi connectivity index (χ2v) is 3.56. The third-order valence-electron chi connectivity index (χ3n) is 0.636. The molecular formula is C5H12N2O3S2. The van der Waals surface area contributed by atoms with Crippen molar-refractivity contribution in [1.29, 1.82) is 0 Å². The molecule has 2 N–H and O–H groups in total. The van der Waals surface area contributed by atoms with Gasteiger partial charge in [-0.1, -0.05) is 0 Å². The van der Waals surface area contributed by atoms with E-state index in [9.17, 15) is 4.79 Å². The van der Waals surface area contributed by atoms with Crippen molar-refractivity contribution < 1.29 is 14.1 Å². The molecular weight excluding hydrogens is 200 g/mol. The number of thioether (sulfide) groups is 1. The summed E-state index contributed by atoms with van der Waals surface area (Å²) in [6, 6.07) is 0. The molecule has 0 atom stereocenters. The lowest BCUT2D eigenvalue weighted by molar-refractivity contribution is -0.133. The van der Waals surface area contributed by atoms with Crippen molar-refractivity contribution in [3.63, 3.8) is 0 Å². The summed E-state index contributed by atoms with van der Waals surface area (Å²) in [4.78, 5) is 12.8. The molecule has 0 radical (unpaired) electrons. The van der Waals surface area contributed by atoms with Gasteiger partial charge < -0.3 is 5.11 Å². The van der Waals surface area contributed by atoms with Crippen LogP contribution in [0.5, 0.6) is 0 Å². The number of rotatable bonds is 7. The lowest BCUT2D eigenvalue weighted by Crippen LogP contribution is -2.23. The van der Waals surface area contributed by atoms with Crippen LogP contribution in [0.4, 0.5) is 0 Å². The quantitative estimate of drug-likeness (QED) is 0.208. The standard InChI is InChI=1S/C5H12N2O3S2/c1-7(2)6-12-10-4-11-3-5(8)9/h6H,3-4H2,1-2H3,(H,8,9). The summed E-state index contributed by atoms with van der Waals surface area (Å²) in [6.45, 7) is 0. The summed E-state index contributed by atoms with van der Waals surface area (Å²) in [5.74, 6) is -0.394. The van der Waals surface area contributed by atoms with Gasteiger partial charge in [-0.25, -0.2) is 5.01 Å². The minimum atomic E-state index is -0.825. The maximum atomic E-state index is 10.0. The van der Waals surface area contributed by atoms with E-state index in [0.717, 1.165) is 12.2 Å². The first-order valence-electron chi connectivity index (χ1n) is 3.14. The molecule has 0 unspecified atom stereocenters. The minimum absolute atomic E-state index is 0.0719. The van der Waals surface area contributed by atoms with Crippen LogP contribution in [0.3, 0.4) is 0 Å². The molecule has 5 nitrogen and oxygen atoms in total. The molecule has 0 spiro atoms. The predicted molar refractivity (Wildman–Crippen MR) is 50.5 cm³/mol. The third kappa shape index (κ3) is 10.0. The van der Waals surface area contributed by atoms with Gasteiger partial charge in [-0.15, -0.1) is 11.8 Å². The number of carboxylic acid groups (broad SMARTS) is 1. The molecule has 0 saturated heterocycles. The van der Waals surface area contributed by atoms with Gasteiger partial charge >= 0.3 is 5.97 Å². The van der Waals surface area contributed by atoms with Gasteiger partial charge in [0.2, 0.25) is 0 Å². The van der Waals surface area contributed by atoms with Crippen molar-refractivity contribution in [2.75, 3.05) is 25.8 Å². The molecule has 72 valence electrons. The van der Waals surface area contributed by atoms with Gasteiger partial charge in [-0.3, -0.25) is 8.98 Å². The number of aliphatic carboxylic acids is 1. The molecule has 0 aliphatic rings. The molecule has 0 amide bonds. The normalized spacial score (nSPS) is 10.6. The predicted octanol–water partition coefficient (Wildman–Crippen LogP) is 0.408. The van der Waals surface area contributed by atoms with Gasteiger partial charge in [-0.05, 0) is 0 Å². The summed E-state index contributed by atoms with van der Waals surface area (Å²) in [7, 11) is 3.67. The molecule has 0 aliphatic heterocycles.